The predicted octanol–water partition coefficient (Wildman–Crippen LogP) is 4.62. The Morgan fingerprint density at radius 3 is 1.86 bits per heavy atom. The molecule has 0 amide bonds. The first-order valence-electron chi connectivity index (χ1n) is 7.32. The topological polar surface area (TPSA) is 25.8 Å². The first kappa shape index (κ1) is 14.7. The van der Waals surface area contributed by atoms with E-state index in [2.05, 4.69) is 34.2 Å². The minimum absolute atomic E-state index is 0.558. The molecule has 2 nitrogen and oxygen atoms in total. The minimum atomic E-state index is 0.558. The van der Waals surface area contributed by atoms with Crippen molar-refractivity contribution in [3.63, 3.8) is 0 Å². The van der Waals surface area contributed by atoms with Crippen LogP contribution < -0.4 is 0 Å². The second-order valence-corrected chi connectivity index (χ2v) is 5.68. The van der Waals surface area contributed by atoms with Crippen molar-refractivity contribution in [3.05, 3.63) is 94.0 Å². The van der Waals surface area contributed by atoms with Crippen molar-refractivity contribution in [2.75, 3.05) is 0 Å². The lowest BCUT2D eigenvalue weighted by Crippen LogP contribution is -2.04. The Morgan fingerprint density at radius 2 is 1.32 bits per heavy atom. The van der Waals surface area contributed by atoms with Gasteiger partial charge >= 0.3 is 0 Å². The van der Waals surface area contributed by atoms with E-state index in [0.717, 1.165) is 23.5 Å². The zero-order chi connectivity index (χ0) is 15.4. The third-order valence-corrected chi connectivity index (χ3v) is 3.95. The fraction of sp³-hybridized carbons (Fsp3) is 0.158. The minimum Gasteiger partial charge on any atom is -0.237 e. The highest BCUT2D eigenvalue weighted by molar-refractivity contribution is 6.30. The molecule has 0 bridgehead atoms. The molecule has 0 saturated heterocycles. The number of aromatic nitrogens is 2. The van der Waals surface area contributed by atoms with Crippen LogP contribution in [0.3, 0.4) is 0 Å². The zero-order valence-corrected chi connectivity index (χ0v) is 13.2. The Balaban J connectivity index is 1.85. The number of halogens is 1. The normalized spacial score (nSPS) is 10.6. The fourth-order valence-corrected chi connectivity index (χ4v) is 2.78. The molecule has 0 unspecified atom stereocenters. The van der Waals surface area contributed by atoms with E-state index in [1.54, 1.807) is 0 Å². The lowest BCUT2D eigenvalue weighted by atomic mass is 10.1. The molecule has 2 aromatic carbocycles. The largest absolute Gasteiger partial charge is 0.237 e. The average molecular weight is 309 g/mol. The summed E-state index contributed by atoms with van der Waals surface area (Å²) in [4.78, 5) is 9.11. The van der Waals surface area contributed by atoms with Crippen molar-refractivity contribution in [3.8, 4) is 0 Å². The summed E-state index contributed by atoms with van der Waals surface area (Å²) in [5.41, 5.74) is 4.36. The van der Waals surface area contributed by atoms with E-state index in [1.165, 1.54) is 11.1 Å². The van der Waals surface area contributed by atoms with Crippen molar-refractivity contribution >= 4 is 11.6 Å². The maximum atomic E-state index is 6.40. The van der Waals surface area contributed by atoms with Crippen LogP contribution in [0.15, 0.2) is 60.7 Å². The summed E-state index contributed by atoms with van der Waals surface area (Å²) in [7, 11) is 0. The maximum Gasteiger partial charge on any atom is 0.136 e. The zero-order valence-electron chi connectivity index (χ0n) is 12.5. The highest BCUT2D eigenvalue weighted by atomic mass is 35.5. The molecule has 110 valence electrons. The number of aryl methyl sites for hydroxylation is 1. The summed E-state index contributed by atoms with van der Waals surface area (Å²) in [6.45, 7) is 2.00. The molecule has 0 N–H and O–H groups in total. The van der Waals surface area contributed by atoms with Crippen LogP contribution in [0.1, 0.15) is 28.2 Å². The van der Waals surface area contributed by atoms with Gasteiger partial charge in [0.05, 0.1) is 0 Å². The molecule has 1 heterocycles. The second-order valence-electron chi connectivity index (χ2n) is 5.32. The molecule has 22 heavy (non-hydrogen) atoms. The number of hydrogen-bond acceptors (Lipinski definition) is 2. The third kappa shape index (κ3) is 3.52. The van der Waals surface area contributed by atoms with Crippen LogP contribution in [0, 0.1) is 6.92 Å². The van der Waals surface area contributed by atoms with Crippen LogP contribution in [0.25, 0.3) is 0 Å². The molecule has 1 aromatic heterocycles. The highest BCUT2D eigenvalue weighted by Gasteiger charge is 2.11. The van der Waals surface area contributed by atoms with Crippen molar-refractivity contribution in [1.82, 2.24) is 9.97 Å². The van der Waals surface area contributed by atoms with E-state index in [0.29, 0.717) is 11.6 Å². The summed E-state index contributed by atoms with van der Waals surface area (Å²) in [5, 5.41) is 0.558. The van der Waals surface area contributed by atoms with Gasteiger partial charge in [-0.2, -0.15) is 0 Å². The summed E-state index contributed by atoms with van der Waals surface area (Å²) >= 11 is 6.40. The molecule has 3 rings (SSSR count). The Labute approximate surface area is 135 Å². The molecule has 0 aliphatic heterocycles. The SMILES string of the molecule is Cc1nc(Cc2ccccc2)nc(Cl)c1Cc1ccccc1. The fourth-order valence-electron chi connectivity index (χ4n) is 2.47. The van der Waals surface area contributed by atoms with Gasteiger partial charge in [0.1, 0.15) is 11.0 Å². The first-order chi connectivity index (χ1) is 10.7. The van der Waals surface area contributed by atoms with Crippen LogP contribution in [0.2, 0.25) is 5.15 Å². The molecule has 3 heteroatoms. The van der Waals surface area contributed by atoms with Crippen LogP contribution >= 0.6 is 11.6 Å². The monoisotopic (exact) mass is 308 g/mol. The van der Waals surface area contributed by atoms with Gasteiger partial charge in [0, 0.05) is 24.1 Å². The van der Waals surface area contributed by atoms with E-state index in [1.807, 2.05) is 43.3 Å². The second kappa shape index (κ2) is 6.71. The van der Waals surface area contributed by atoms with E-state index >= 15 is 0 Å². The number of rotatable bonds is 4. The Hall–Kier alpha value is -2.19. The molecule has 0 fully saturated rings. The van der Waals surface area contributed by atoms with Crippen molar-refractivity contribution in [2.24, 2.45) is 0 Å². The van der Waals surface area contributed by atoms with Crippen LogP contribution in [-0.4, -0.2) is 9.97 Å². The van der Waals surface area contributed by atoms with Crippen molar-refractivity contribution in [2.45, 2.75) is 19.8 Å². The number of benzene rings is 2. The summed E-state index contributed by atoms with van der Waals surface area (Å²) in [5.74, 6) is 0.769. The summed E-state index contributed by atoms with van der Waals surface area (Å²) in [6.07, 6.45) is 1.46. The van der Waals surface area contributed by atoms with Gasteiger partial charge < -0.3 is 0 Å². The molecule has 0 saturated carbocycles. The van der Waals surface area contributed by atoms with Crippen molar-refractivity contribution < 1.29 is 0 Å². The van der Waals surface area contributed by atoms with Gasteiger partial charge in [-0.25, -0.2) is 9.97 Å². The first-order valence-corrected chi connectivity index (χ1v) is 7.70. The average Bonchev–Trinajstić information content (AvgIpc) is 2.53. The predicted molar refractivity (Wildman–Crippen MR) is 90.3 cm³/mol. The number of nitrogens with zero attached hydrogens (tertiary/aromatic N) is 2. The van der Waals surface area contributed by atoms with Gasteiger partial charge in [-0.3, -0.25) is 0 Å². The molecule has 0 aliphatic carbocycles. The van der Waals surface area contributed by atoms with Gasteiger partial charge in [0.15, 0.2) is 0 Å². The highest BCUT2D eigenvalue weighted by Crippen LogP contribution is 2.21. The van der Waals surface area contributed by atoms with Gasteiger partial charge in [-0.15, -0.1) is 0 Å². The number of hydrogen-bond donors (Lipinski definition) is 0. The van der Waals surface area contributed by atoms with Crippen molar-refractivity contribution in [1.29, 1.82) is 0 Å². The van der Waals surface area contributed by atoms with Crippen LogP contribution in [-0.2, 0) is 12.8 Å². The molecule has 0 atom stereocenters. The molecule has 3 aromatic rings. The Bertz CT molecular complexity index is 732. The van der Waals surface area contributed by atoms with Gasteiger partial charge in [-0.05, 0) is 18.1 Å². The Kier molecular flexibility index (Phi) is 4.50. The van der Waals surface area contributed by atoms with Gasteiger partial charge in [0.2, 0.25) is 0 Å². The smallest absolute Gasteiger partial charge is 0.136 e. The molecular weight excluding hydrogens is 292 g/mol. The molecule has 0 spiro atoms. The maximum absolute atomic E-state index is 6.40. The van der Waals surface area contributed by atoms with E-state index in [-0.39, 0.29) is 0 Å². The summed E-state index contributed by atoms with van der Waals surface area (Å²) in [6, 6.07) is 20.5. The molecule has 0 aliphatic rings. The Morgan fingerprint density at radius 1 is 0.773 bits per heavy atom. The standard InChI is InChI=1S/C19H17ClN2/c1-14-17(12-15-8-4-2-5-9-15)19(20)22-18(21-14)13-16-10-6-3-7-11-16/h2-11H,12-13H2,1H3. The van der Waals surface area contributed by atoms with Gasteiger partial charge in [0.25, 0.3) is 0 Å². The summed E-state index contributed by atoms with van der Waals surface area (Å²) < 4.78 is 0. The van der Waals surface area contributed by atoms with E-state index < -0.39 is 0 Å². The van der Waals surface area contributed by atoms with Crippen LogP contribution in [0.4, 0.5) is 0 Å². The third-order valence-electron chi connectivity index (χ3n) is 3.64. The lowest BCUT2D eigenvalue weighted by molar-refractivity contribution is 0.912. The quantitative estimate of drug-likeness (QED) is 0.657. The van der Waals surface area contributed by atoms with Crippen LogP contribution in [0.5, 0.6) is 0 Å². The molecular formula is C19H17ClN2. The van der Waals surface area contributed by atoms with E-state index in [4.69, 9.17) is 11.6 Å². The lowest BCUT2D eigenvalue weighted by Gasteiger charge is -2.10. The molecule has 0 radical (unpaired) electrons. The van der Waals surface area contributed by atoms with Gasteiger partial charge in [-0.1, -0.05) is 72.3 Å². The van der Waals surface area contributed by atoms with E-state index in [9.17, 15) is 0 Å².